The molecule has 0 spiro atoms. The molecule has 6 nitrogen and oxygen atoms in total. The Hall–Kier alpha value is -1.14. The van der Waals surface area contributed by atoms with Gasteiger partial charge in [-0.05, 0) is 13.3 Å². The van der Waals surface area contributed by atoms with E-state index in [-0.39, 0.29) is 0 Å². The van der Waals surface area contributed by atoms with E-state index in [9.17, 15) is 9.59 Å². The molecule has 6 heteroatoms. The molecule has 1 amide bonds. The van der Waals surface area contributed by atoms with Gasteiger partial charge in [-0.2, -0.15) is 0 Å². The maximum Gasteiger partial charge on any atom is 0.328 e. The summed E-state index contributed by atoms with van der Waals surface area (Å²) in [7, 11) is 0. The second-order valence-corrected chi connectivity index (χ2v) is 3.71. The predicted molar refractivity (Wildman–Crippen MR) is 54.2 cm³/mol. The van der Waals surface area contributed by atoms with Crippen LogP contribution in [-0.4, -0.2) is 40.3 Å². The fourth-order valence-corrected chi connectivity index (χ4v) is 1.14. The Morgan fingerprint density at radius 2 is 2.07 bits per heavy atom. The number of aliphatic hydroxyl groups excluding tert-OH is 1. The number of aliphatic carboxylic acids is 1. The maximum absolute atomic E-state index is 11.5. The molecular formula is C9H18N2O4. The molecule has 0 heterocycles. The number of carboxylic acid groups (broad SMARTS) is 1. The van der Waals surface area contributed by atoms with Gasteiger partial charge in [-0.3, -0.25) is 4.79 Å². The zero-order chi connectivity index (χ0) is 12.1. The molecule has 5 N–H and O–H groups in total. The maximum atomic E-state index is 11.5. The number of amides is 1. The largest absolute Gasteiger partial charge is 0.480 e. The highest BCUT2D eigenvalue weighted by atomic mass is 16.4. The summed E-state index contributed by atoms with van der Waals surface area (Å²) in [6.07, 6.45) is 1.17. The number of nitrogens with two attached hydrogens (primary N) is 1. The summed E-state index contributed by atoms with van der Waals surface area (Å²) in [4.78, 5) is 22.1. The first-order valence-corrected chi connectivity index (χ1v) is 4.78. The SMILES string of the molecule is CCCC(C)(N)C(=O)NC(CO)C(=O)O. The fraction of sp³-hybridized carbons (Fsp3) is 0.778. The molecule has 0 aliphatic carbocycles. The lowest BCUT2D eigenvalue weighted by molar-refractivity contribution is -0.143. The van der Waals surface area contributed by atoms with Gasteiger partial charge in [-0.1, -0.05) is 13.3 Å². The van der Waals surface area contributed by atoms with Crippen LogP contribution in [0.15, 0.2) is 0 Å². The van der Waals surface area contributed by atoms with E-state index in [4.69, 9.17) is 15.9 Å². The Balaban J connectivity index is 4.40. The van der Waals surface area contributed by atoms with E-state index in [0.29, 0.717) is 6.42 Å². The third-order valence-corrected chi connectivity index (χ3v) is 2.07. The van der Waals surface area contributed by atoms with Crippen molar-refractivity contribution in [2.75, 3.05) is 6.61 Å². The summed E-state index contributed by atoms with van der Waals surface area (Å²) >= 11 is 0. The molecule has 2 unspecified atom stereocenters. The van der Waals surface area contributed by atoms with Crippen LogP contribution >= 0.6 is 0 Å². The third kappa shape index (κ3) is 4.26. The van der Waals surface area contributed by atoms with Crippen LogP contribution < -0.4 is 11.1 Å². The molecule has 2 atom stereocenters. The number of carbonyl (C=O) groups is 2. The molecule has 15 heavy (non-hydrogen) atoms. The number of carbonyl (C=O) groups excluding carboxylic acids is 1. The van der Waals surface area contributed by atoms with Crippen molar-refractivity contribution in [2.45, 2.75) is 38.3 Å². The van der Waals surface area contributed by atoms with Crippen LogP contribution in [0.25, 0.3) is 0 Å². The molecule has 0 saturated carbocycles. The van der Waals surface area contributed by atoms with Crippen LogP contribution in [0.3, 0.4) is 0 Å². The van der Waals surface area contributed by atoms with Crippen molar-refractivity contribution in [2.24, 2.45) is 5.73 Å². The third-order valence-electron chi connectivity index (χ3n) is 2.07. The average molecular weight is 218 g/mol. The summed E-state index contributed by atoms with van der Waals surface area (Å²) in [5, 5.41) is 19.5. The average Bonchev–Trinajstić information content (AvgIpc) is 2.12. The Morgan fingerprint density at radius 1 is 1.53 bits per heavy atom. The first-order chi connectivity index (χ1) is 6.85. The first kappa shape index (κ1) is 13.9. The normalized spacial score (nSPS) is 16.5. The Morgan fingerprint density at radius 3 is 2.40 bits per heavy atom. The molecule has 0 rings (SSSR count). The van der Waals surface area contributed by atoms with Crippen molar-refractivity contribution >= 4 is 11.9 Å². The van der Waals surface area contributed by atoms with E-state index in [2.05, 4.69) is 5.32 Å². The summed E-state index contributed by atoms with van der Waals surface area (Å²) in [6, 6.07) is -1.29. The standard InChI is InChI=1S/C9H18N2O4/c1-3-4-9(2,10)8(15)11-6(5-12)7(13)14/h6,12H,3-5,10H2,1-2H3,(H,11,15)(H,13,14). The molecule has 0 bridgehead atoms. The van der Waals surface area contributed by atoms with Crippen molar-refractivity contribution in [3.8, 4) is 0 Å². The van der Waals surface area contributed by atoms with Gasteiger partial charge >= 0.3 is 5.97 Å². The van der Waals surface area contributed by atoms with Crippen molar-refractivity contribution in [3.63, 3.8) is 0 Å². The van der Waals surface area contributed by atoms with E-state index >= 15 is 0 Å². The lowest BCUT2D eigenvalue weighted by Crippen LogP contribution is -2.56. The minimum absolute atomic E-state index is 0.455. The quantitative estimate of drug-likeness (QED) is 0.460. The fourth-order valence-electron chi connectivity index (χ4n) is 1.14. The lowest BCUT2D eigenvalue weighted by Gasteiger charge is -2.24. The molecule has 88 valence electrons. The topological polar surface area (TPSA) is 113 Å². The molecule has 0 aromatic heterocycles. The molecule has 0 aliphatic rings. The van der Waals surface area contributed by atoms with Crippen LogP contribution in [-0.2, 0) is 9.59 Å². The predicted octanol–water partition coefficient (Wildman–Crippen LogP) is -0.934. The summed E-state index contributed by atoms with van der Waals surface area (Å²) in [5.41, 5.74) is 4.59. The summed E-state index contributed by atoms with van der Waals surface area (Å²) in [5.74, 6) is -1.84. The van der Waals surface area contributed by atoms with Gasteiger partial charge in [0.2, 0.25) is 5.91 Å². The van der Waals surface area contributed by atoms with Gasteiger partial charge in [-0.15, -0.1) is 0 Å². The number of rotatable bonds is 6. The highest BCUT2D eigenvalue weighted by Gasteiger charge is 2.30. The highest BCUT2D eigenvalue weighted by molar-refractivity contribution is 5.89. The number of aliphatic hydroxyl groups is 1. The molecule has 0 aromatic rings. The van der Waals surface area contributed by atoms with Gasteiger partial charge in [0.25, 0.3) is 0 Å². The monoisotopic (exact) mass is 218 g/mol. The molecule has 0 fully saturated rings. The smallest absolute Gasteiger partial charge is 0.328 e. The van der Waals surface area contributed by atoms with E-state index in [1.807, 2.05) is 6.92 Å². The Kier molecular flexibility index (Phi) is 5.24. The zero-order valence-corrected chi connectivity index (χ0v) is 8.99. The minimum Gasteiger partial charge on any atom is -0.480 e. The first-order valence-electron chi connectivity index (χ1n) is 4.78. The lowest BCUT2D eigenvalue weighted by atomic mass is 9.96. The van der Waals surface area contributed by atoms with Gasteiger partial charge in [-0.25, -0.2) is 4.79 Å². The number of hydrogen-bond acceptors (Lipinski definition) is 4. The van der Waals surface area contributed by atoms with E-state index in [0.717, 1.165) is 6.42 Å². The second-order valence-electron chi connectivity index (χ2n) is 3.71. The zero-order valence-electron chi connectivity index (χ0n) is 8.99. The highest BCUT2D eigenvalue weighted by Crippen LogP contribution is 2.08. The van der Waals surface area contributed by atoms with Gasteiger partial charge < -0.3 is 21.3 Å². The Bertz CT molecular complexity index is 240. The molecule has 0 radical (unpaired) electrons. The van der Waals surface area contributed by atoms with E-state index in [1.54, 1.807) is 0 Å². The van der Waals surface area contributed by atoms with E-state index in [1.165, 1.54) is 6.92 Å². The molecule has 0 saturated heterocycles. The van der Waals surface area contributed by atoms with Crippen LogP contribution in [0.1, 0.15) is 26.7 Å². The Labute approximate surface area is 88.5 Å². The van der Waals surface area contributed by atoms with Crippen LogP contribution in [0.5, 0.6) is 0 Å². The van der Waals surface area contributed by atoms with Crippen molar-refractivity contribution in [1.82, 2.24) is 5.32 Å². The summed E-state index contributed by atoms with van der Waals surface area (Å²) < 4.78 is 0. The van der Waals surface area contributed by atoms with Crippen molar-refractivity contribution in [3.05, 3.63) is 0 Å². The second kappa shape index (κ2) is 5.67. The van der Waals surface area contributed by atoms with Gasteiger partial charge in [0, 0.05) is 0 Å². The van der Waals surface area contributed by atoms with E-state index < -0.39 is 30.1 Å². The molecular weight excluding hydrogens is 200 g/mol. The molecule has 0 aliphatic heterocycles. The van der Waals surface area contributed by atoms with Crippen LogP contribution in [0.4, 0.5) is 0 Å². The van der Waals surface area contributed by atoms with Gasteiger partial charge in [0.15, 0.2) is 0 Å². The number of carboxylic acids is 1. The minimum atomic E-state index is -1.29. The van der Waals surface area contributed by atoms with Crippen molar-refractivity contribution < 1.29 is 19.8 Å². The van der Waals surface area contributed by atoms with Crippen molar-refractivity contribution in [1.29, 1.82) is 0 Å². The van der Waals surface area contributed by atoms with Crippen LogP contribution in [0, 0.1) is 0 Å². The van der Waals surface area contributed by atoms with Gasteiger partial charge in [0.1, 0.15) is 6.04 Å². The van der Waals surface area contributed by atoms with Gasteiger partial charge in [0.05, 0.1) is 12.1 Å². The summed E-state index contributed by atoms with van der Waals surface area (Å²) in [6.45, 7) is 2.75. The number of hydrogen-bond donors (Lipinski definition) is 4. The molecule has 0 aromatic carbocycles. The number of nitrogens with one attached hydrogen (secondary N) is 1. The van der Waals surface area contributed by atoms with Crippen LogP contribution in [0.2, 0.25) is 0 Å².